The van der Waals surface area contributed by atoms with Gasteiger partial charge in [0.1, 0.15) is 22.8 Å². The van der Waals surface area contributed by atoms with Crippen LogP contribution in [0.3, 0.4) is 0 Å². The van der Waals surface area contributed by atoms with Gasteiger partial charge in [-0.05, 0) is 48.9 Å². The summed E-state index contributed by atoms with van der Waals surface area (Å²) in [7, 11) is 0. The molecule has 0 fully saturated rings. The number of rotatable bonds is 4. The molecule has 5 nitrogen and oxygen atoms in total. The second-order valence-corrected chi connectivity index (χ2v) is 6.84. The highest BCUT2D eigenvalue weighted by molar-refractivity contribution is 6.30. The van der Waals surface area contributed by atoms with Crippen LogP contribution in [0.4, 0.5) is 21.6 Å². The third-order valence-corrected chi connectivity index (χ3v) is 4.60. The van der Waals surface area contributed by atoms with E-state index in [-0.39, 0.29) is 22.6 Å². The molecule has 0 aliphatic rings. The van der Waals surface area contributed by atoms with E-state index in [1.165, 1.54) is 16.7 Å². The first kappa shape index (κ1) is 18.8. The molecule has 0 amide bonds. The minimum absolute atomic E-state index is 0.205. The Balaban J connectivity index is 1.89. The first-order chi connectivity index (χ1) is 14.0. The van der Waals surface area contributed by atoms with Crippen molar-refractivity contribution >= 4 is 40.7 Å². The molecule has 2 aromatic carbocycles. The standard InChI is InChI=1S/C22H16ClFN4O/c1-14-6-5-11-28-21(14)27-20(26-19-10-3-2-9-18(19)24)17(22(28)29)13-25-16-8-4-7-15(23)12-16/h2-13,26H,1H3. The summed E-state index contributed by atoms with van der Waals surface area (Å²) in [6, 6.07) is 16.8. The van der Waals surface area contributed by atoms with Crippen LogP contribution in [0.1, 0.15) is 11.1 Å². The SMILES string of the molecule is Cc1cccn2c(=O)c(C=Nc3cccc(Cl)c3)c(Nc3ccccc3F)nc12. The highest BCUT2D eigenvalue weighted by Gasteiger charge is 2.14. The molecule has 2 heterocycles. The van der Waals surface area contributed by atoms with Gasteiger partial charge in [-0.3, -0.25) is 14.2 Å². The molecule has 0 saturated carbocycles. The molecular formula is C22H16ClFN4O. The van der Waals surface area contributed by atoms with E-state index in [0.717, 1.165) is 5.56 Å². The Hall–Kier alpha value is -3.51. The number of anilines is 2. The number of hydrogen-bond acceptors (Lipinski definition) is 4. The molecule has 7 heteroatoms. The Morgan fingerprint density at radius 1 is 1.14 bits per heavy atom. The summed E-state index contributed by atoms with van der Waals surface area (Å²) >= 11 is 6.00. The van der Waals surface area contributed by atoms with Crippen molar-refractivity contribution in [1.29, 1.82) is 0 Å². The summed E-state index contributed by atoms with van der Waals surface area (Å²) in [5.74, 6) is -0.225. The van der Waals surface area contributed by atoms with E-state index in [1.54, 1.807) is 54.7 Å². The van der Waals surface area contributed by atoms with Gasteiger partial charge in [-0.25, -0.2) is 9.37 Å². The van der Waals surface area contributed by atoms with Crippen molar-refractivity contribution in [3.63, 3.8) is 0 Å². The second kappa shape index (κ2) is 7.85. The number of halogens is 2. The Bertz CT molecular complexity index is 1300. The number of aliphatic imine (C=N–C) groups is 1. The van der Waals surface area contributed by atoms with Crippen molar-refractivity contribution in [2.24, 2.45) is 4.99 Å². The maximum Gasteiger partial charge on any atom is 0.268 e. The Morgan fingerprint density at radius 2 is 1.97 bits per heavy atom. The van der Waals surface area contributed by atoms with Gasteiger partial charge in [0.2, 0.25) is 0 Å². The van der Waals surface area contributed by atoms with E-state index in [4.69, 9.17) is 11.6 Å². The largest absolute Gasteiger partial charge is 0.337 e. The van der Waals surface area contributed by atoms with Crippen molar-refractivity contribution in [3.8, 4) is 0 Å². The molecule has 0 unspecified atom stereocenters. The Labute approximate surface area is 171 Å². The number of para-hydroxylation sites is 1. The fourth-order valence-electron chi connectivity index (χ4n) is 2.91. The van der Waals surface area contributed by atoms with Crippen LogP contribution in [0.15, 0.2) is 76.6 Å². The molecular weight excluding hydrogens is 391 g/mol. The molecule has 0 saturated heterocycles. The number of benzene rings is 2. The summed E-state index contributed by atoms with van der Waals surface area (Å²) in [4.78, 5) is 22.1. The highest BCUT2D eigenvalue weighted by atomic mass is 35.5. The zero-order chi connectivity index (χ0) is 20.4. The lowest BCUT2D eigenvalue weighted by Gasteiger charge is -2.12. The molecule has 0 atom stereocenters. The number of hydrogen-bond donors (Lipinski definition) is 1. The Morgan fingerprint density at radius 3 is 2.76 bits per heavy atom. The van der Waals surface area contributed by atoms with Crippen LogP contribution in [-0.2, 0) is 0 Å². The average Bonchev–Trinajstić information content (AvgIpc) is 2.70. The van der Waals surface area contributed by atoms with Crippen LogP contribution in [0.25, 0.3) is 5.65 Å². The highest BCUT2D eigenvalue weighted by Crippen LogP contribution is 2.22. The molecule has 144 valence electrons. The maximum atomic E-state index is 14.2. The number of aromatic nitrogens is 2. The van der Waals surface area contributed by atoms with Gasteiger partial charge in [-0.2, -0.15) is 0 Å². The van der Waals surface area contributed by atoms with E-state index in [1.807, 2.05) is 13.0 Å². The van der Waals surface area contributed by atoms with Gasteiger partial charge >= 0.3 is 0 Å². The lowest BCUT2D eigenvalue weighted by atomic mass is 10.2. The maximum absolute atomic E-state index is 14.2. The lowest BCUT2D eigenvalue weighted by Crippen LogP contribution is -2.22. The van der Waals surface area contributed by atoms with Crippen molar-refractivity contribution in [2.45, 2.75) is 6.92 Å². The van der Waals surface area contributed by atoms with Crippen molar-refractivity contribution in [2.75, 3.05) is 5.32 Å². The molecule has 0 aliphatic carbocycles. The van der Waals surface area contributed by atoms with Crippen LogP contribution < -0.4 is 10.9 Å². The predicted octanol–water partition coefficient (Wildman–Crippen LogP) is 5.29. The smallest absolute Gasteiger partial charge is 0.268 e. The van der Waals surface area contributed by atoms with E-state index < -0.39 is 5.82 Å². The summed E-state index contributed by atoms with van der Waals surface area (Å²) in [6.07, 6.45) is 3.06. The van der Waals surface area contributed by atoms with Crippen molar-refractivity contribution < 1.29 is 4.39 Å². The van der Waals surface area contributed by atoms with Gasteiger partial charge in [0, 0.05) is 17.4 Å². The normalized spacial score (nSPS) is 11.3. The molecule has 4 aromatic rings. The van der Waals surface area contributed by atoms with Crippen LogP contribution in [-0.4, -0.2) is 15.6 Å². The van der Waals surface area contributed by atoms with Gasteiger partial charge < -0.3 is 5.32 Å². The van der Waals surface area contributed by atoms with Crippen LogP contribution in [0.5, 0.6) is 0 Å². The number of fused-ring (bicyclic) bond motifs is 1. The number of aryl methyl sites for hydroxylation is 1. The molecule has 2 aromatic heterocycles. The topological polar surface area (TPSA) is 58.8 Å². The molecule has 0 bridgehead atoms. The monoisotopic (exact) mass is 406 g/mol. The third-order valence-electron chi connectivity index (χ3n) is 4.36. The molecule has 29 heavy (non-hydrogen) atoms. The summed E-state index contributed by atoms with van der Waals surface area (Å²) in [5.41, 5.74) is 1.99. The van der Waals surface area contributed by atoms with Crippen LogP contribution >= 0.6 is 11.6 Å². The fraction of sp³-hybridized carbons (Fsp3) is 0.0455. The molecule has 0 spiro atoms. The lowest BCUT2D eigenvalue weighted by molar-refractivity contribution is 0.632. The van der Waals surface area contributed by atoms with Gasteiger partial charge in [-0.1, -0.05) is 35.9 Å². The van der Waals surface area contributed by atoms with Gasteiger partial charge in [0.25, 0.3) is 5.56 Å². The quantitative estimate of drug-likeness (QED) is 0.468. The predicted molar refractivity (Wildman–Crippen MR) is 115 cm³/mol. The fourth-order valence-corrected chi connectivity index (χ4v) is 3.09. The first-order valence-corrected chi connectivity index (χ1v) is 9.24. The van der Waals surface area contributed by atoms with E-state index in [9.17, 15) is 9.18 Å². The summed E-state index contributed by atoms with van der Waals surface area (Å²) in [5, 5.41) is 3.47. The molecule has 0 aliphatic heterocycles. The Kier molecular flexibility index (Phi) is 5.10. The van der Waals surface area contributed by atoms with Gasteiger partial charge in [0.05, 0.1) is 11.4 Å². The van der Waals surface area contributed by atoms with E-state index in [0.29, 0.717) is 16.4 Å². The van der Waals surface area contributed by atoms with Gasteiger partial charge in [0.15, 0.2) is 0 Å². The summed E-state index contributed by atoms with van der Waals surface area (Å²) < 4.78 is 15.6. The molecule has 4 rings (SSSR count). The number of pyridine rings is 1. The zero-order valence-electron chi connectivity index (χ0n) is 15.4. The van der Waals surface area contributed by atoms with Crippen molar-refractivity contribution in [3.05, 3.63) is 99.2 Å². The minimum atomic E-state index is -0.447. The molecule has 0 radical (unpaired) electrons. The van der Waals surface area contributed by atoms with E-state index >= 15 is 0 Å². The van der Waals surface area contributed by atoms with Crippen LogP contribution in [0.2, 0.25) is 5.02 Å². The minimum Gasteiger partial charge on any atom is -0.337 e. The number of nitrogens with zero attached hydrogens (tertiary/aromatic N) is 3. The van der Waals surface area contributed by atoms with Crippen LogP contribution in [0, 0.1) is 12.7 Å². The average molecular weight is 407 g/mol. The first-order valence-electron chi connectivity index (χ1n) is 8.86. The second-order valence-electron chi connectivity index (χ2n) is 6.41. The summed E-state index contributed by atoms with van der Waals surface area (Å²) in [6.45, 7) is 1.86. The molecule has 1 N–H and O–H groups in total. The van der Waals surface area contributed by atoms with Gasteiger partial charge in [-0.15, -0.1) is 0 Å². The van der Waals surface area contributed by atoms with Crippen molar-refractivity contribution in [1.82, 2.24) is 9.38 Å². The van der Waals surface area contributed by atoms with E-state index in [2.05, 4.69) is 15.3 Å². The number of nitrogens with one attached hydrogen (secondary N) is 1. The zero-order valence-corrected chi connectivity index (χ0v) is 16.2. The third kappa shape index (κ3) is 3.88.